The molecule has 0 radical (unpaired) electrons. The number of carbonyl (C=O) groups excluding carboxylic acids is 1. The summed E-state index contributed by atoms with van der Waals surface area (Å²) in [5, 5.41) is 14.0. The Morgan fingerprint density at radius 2 is 2.02 bits per heavy atom. The first-order valence-electron chi connectivity index (χ1n) is 13.0. The molecule has 0 spiro atoms. The van der Waals surface area contributed by atoms with Gasteiger partial charge in [-0.05, 0) is 55.3 Å². The lowest BCUT2D eigenvalue weighted by molar-refractivity contribution is -0.141. The van der Waals surface area contributed by atoms with Gasteiger partial charge >= 0.3 is 5.97 Å². The number of hydrogen-bond donors (Lipinski definition) is 0. The number of halogens is 1. The molecular formula is C31H26FN3O5. The predicted octanol–water partition coefficient (Wildman–Crippen LogP) is 6.00. The molecule has 0 saturated heterocycles. The first kappa shape index (κ1) is 25.4. The van der Waals surface area contributed by atoms with E-state index in [1.54, 1.807) is 35.1 Å². The normalized spacial score (nSPS) is 16.9. The first-order chi connectivity index (χ1) is 19.4. The molecule has 2 atom stereocenters. The number of aromatic nitrogens is 2. The summed E-state index contributed by atoms with van der Waals surface area (Å²) in [6, 6.07) is 17.9. The molecular weight excluding hydrogens is 513 g/mol. The molecule has 8 nitrogen and oxygen atoms in total. The van der Waals surface area contributed by atoms with Crippen LogP contribution in [0.25, 0.3) is 11.3 Å². The maximum Gasteiger partial charge on any atom is 0.306 e. The largest absolute Gasteiger partial charge is 0.492 e. The third-order valence-electron chi connectivity index (χ3n) is 7.46. The molecule has 9 heteroatoms. The van der Waals surface area contributed by atoms with E-state index in [1.165, 1.54) is 13.2 Å². The highest BCUT2D eigenvalue weighted by Gasteiger charge is 2.32. The number of hydrogen-bond acceptors (Lipinski definition) is 7. The maximum absolute atomic E-state index is 15.1. The van der Waals surface area contributed by atoms with Gasteiger partial charge in [-0.2, -0.15) is 10.4 Å². The summed E-state index contributed by atoms with van der Waals surface area (Å²) in [4.78, 5) is 11.7. The van der Waals surface area contributed by atoms with Gasteiger partial charge in [-0.3, -0.25) is 9.48 Å². The molecule has 1 aliphatic carbocycles. The number of aryl methyl sites for hydroxylation is 1. The van der Waals surface area contributed by atoms with Crippen molar-refractivity contribution in [3.05, 3.63) is 88.9 Å². The van der Waals surface area contributed by atoms with Crippen molar-refractivity contribution in [2.24, 2.45) is 7.05 Å². The molecule has 1 aliphatic heterocycles. The van der Waals surface area contributed by atoms with Crippen LogP contribution in [0.3, 0.4) is 0 Å². The van der Waals surface area contributed by atoms with Crippen LogP contribution < -0.4 is 14.2 Å². The van der Waals surface area contributed by atoms with Gasteiger partial charge in [0.25, 0.3) is 0 Å². The van der Waals surface area contributed by atoms with Crippen molar-refractivity contribution in [3.8, 4) is 40.3 Å². The summed E-state index contributed by atoms with van der Waals surface area (Å²) in [5.41, 5.74) is 4.19. The molecule has 2 heterocycles. The second-order valence-corrected chi connectivity index (χ2v) is 9.84. The van der Waals surface area contributed by atoms with Crippen LogP contribution in [-0.2, 0) is 23.0 Å². The average molecular weight is 540 g/mol. The Balaban J connectivity index is 1.23. The van der Waals surface area contributed by atoms with Crippen LogP contribution >= 0.6 is 0 Å². The van der Waals surface area contributed by atoms with E-state index in [0.717, 1.165) is 22.4 Å². The number of benzene rings is 3. The van der Waals surface area contributed by atoms with Crippen LogP contribution in [-0.4, -0.2) is 29.5 Å². The van der Waals surface area contributed by atoms with Crippen molar-refractivity contribution >= 4 is 5.97 Å². The van der Waals surface area contributed by atoms with Crippen molar-refractivity contribution in [2.45, 2.75) is 31.3 Å². The van der Waals surface area contributed by atoms with Gasteiger partial charge in [0.15, 0.2) is 0 Å². The minimum Gasteiger partial charge on any atom is -0.492 e. The average Bonchev–Trinajstić information content (AvgIpc) is 3.69. The van der Waals surface area contributed by atoms with Crippen molar-refractivity contribution in [1.82, 2.24) is 9.78 Å². The lowest BCUT2D eigenvalue weighted by Crippen LogP contribution is -2.09. The Kier molecular flexibility index (Phi) is 6.60. The zero-order chi connectivity index (χ0) is 27.8. The van der Waals surface area contributed by atoms with Gasteiger partial charge in [-0.15, -0.1) is 0 Å². The summed E-state index contributed by atoms with van der Waals surface area (Å²) in [6.45, 7) is 0.392. The molecule has 0 amide bonds. The molecule has 4 aromatic rings. The van der Waals surface area contributed by atoms with E-state index in [0.29, 0.717) is 53.6 Å². The molecule has 0 unspecified atom stereocenters. The number of rotatable bonds is 7. The van der Waals surface area contributed by atoms with Crippen molar-refractivity contribution in [3.63, 3.8) is 0 Å². The fourth-order valence-corrected chi connectivity index (χ4v) is 5.44. The first-order valence-corrected chi connectivity index (χ1v) is 13.0. The van der Waals surface area contributed by atoms with Crippen LogP contribution in [0.4, 0.5) is 4.39 Å². The van der Waals surface area contributed by atoms with Gasteiger partial charge in [-0.1, -0.05) is 6.07 Å². The summed E-state index contributed by atoms with van der Waals surface area (Å²) in [7, 11) is 3.21. The van der Waals surface area contributed by atoms with E-state index in [1.807, 2.05) is 31.3 Å². The van der Waals surface area contributed by atoms with Gasteiger partial charge in [0.1, 0.15) is 41.0 Å². The second-order valence-electron chi connectivity index (χ2n) is 9.84. The molecule has 6 rings (SSSR count). The third-order valence-corrected chi connectivity index (χ3v) is 7.46. The summed E-state index contributed by atoms with van der Waals surface area (Å²) in [5.74, 6) is 1.37. The number of ether oxygens (including phenoxy) is 4. The van der Waals surface area contributed by atoms with E-state index in [4.69, 9.17) is 18.9 Å². The highest BCUT2D eigenvalue weighted by Crippen LogP contribution is 2.45. The molecule has 0 saturated carbocycles. The van der Waals surface area contributed by atoms with E-state index in [2.05, 4.69) is 11.2 Å². The monoisotopic (exact) mass is 539 g/mol. The Morgan fingerprint density at radius 1 is 1.18 bits per heavy atom. The number of fused-ring (bicyclic) bond motifs is 2. The zero-order valence-corrected chi connectivity index (χ0v) is 22.0. The molecule has 1 aromatic heterocycles. The van der Waals surface area contributed by atoms with Crippen LogP contribution in [0.2, 0.25) is 0 Å². The minimum absolute atomic E-state index is 0.0719. The van der Waals surface area contributed by atoms with Gasteiger partial charge in [0.05, 0.1) is 31.4 Å². The van der Waals surface area contributed by atoms with Crippen LogP contribution in [0.5, 0.6) is 23.0 Å². The lowest BCUT2D eigenvalue weighted by Gasteiger charge is -2.17. The van der Waals surface area contributed by atoms with E-state index >= 15 is 4.39 Å². The third kappa shape index (κ3) is 4.62. The van der Waals surface area contributed by atoms with Gasteiger partial charge < -0.3 is 18.9 Å². The zero-order valence-electron chi connectivity index (χ0n) is 22.0. The summed E-state index contributed by atoms with van der Waals surface area (Å²) < 4.78 is 39.8. The van der Waals surface area contributed by atoms with Crippen molar-refractivity contribution < 1.29 is 28.1 Å². The Bertz CT molecular complexity index is 1660. The fourth-order valence-electron chi connectivity index (χ4n) is 5.44. The Labute approximate surface area is 230 Å². The summed E-state index contributed by atoms with van der Waals surface area (Å²) >= 11 is 0. The van der Waals surface area contributed by atoms with Gasteiger partial charge in [-0.25, -0.2) is 4.39 Å². The van der Waals surface area contributed by atoms with Gasteiger partial charge in [0, 0.05) is 47.5 Å². The molecule has 3 aromatic carbocycles. The molecule has 0 bridgehead atoms. The molecule has 2 aliphatic rings. The summed E-state index contributed by atoms with van der Waals surface area (Å²) in [6.07, 6.45) is 2.56. The Hall–Kier alpha value is -4.84. The standard InChI is InChI=1S/C31H26FN3O5/c1-35-25(11-12-34-35)18-3-8-26(19(13-18)16-33)40-27-10-7-24(32)31-23(27)6-9-28(31)39-21-4-5-22-20(14-30(36)37-2)17-38-29(22)15-21/h3-5,7-8,10-13,15,20,28H,6,9,14,17H2,1-2H3/t20-,28-/m1/s1. The van der Waals surface area contributed by atoms with Crippen LogP contribution in [0.1, 0.15) is 47.1 Å². The number of esters is 1. The second kappa shape index (κ2) is 10.4. The smallest absolute Gasteiger partial charge is 0.306 e. The van der Waals surface area contributed by atoms with Crippen molar-refractivity contribution in [1.29, 1.82) is 5.26 Å². The SMILES string of the molecule is COC(=O)C[C@@H]1COc2cc(O[C@@H]3CCc4c(Oc5ccc(-c6ccnn6C)cc5C#N)ccc(F)c43)ccc21. The van der Waals surface area contributed by atoms with Crippen LogP contribution in [0, 0.1) is 17.1 Å². The fraction of sp³-hybridized carbons (Fsp3) is 0.258. The minimum atomic E-state index is -0.508. The number of nitrogens with zero attached hydrogens (tertiary/aromatic N) is 3. The Morgan fingerprint density at radius 3 is 2.80 bits per heavy atom. The lowest BCUT2D eigenvalue weighted by atomic mass is 9.98. The molecule has 0 N–H and O–H groups in total. The predicted molar refractivity (Wildman–Crippen MR) is 143 cm³/mol. The molecule has 202 valence electrons. The topological polar surface area (TPSA) is 95.6 Å². The van der Waals surface area contributed by atoms with Crippen LogP contribution in [0.15, 0.2) is 60.8 Å². The van der Waals surface area contributed by atoms with Crippen molar-refractivity contribution in [2.75, 3.05) is 13.7 Å². The number of methoxy groups -OCH3 is 1. The van der Waals surface area contributed by atoms with E-state index in [-0.39, 0.29) is 24.1 Å². The quantitative estimate of drug-likeness (QED) is 0.266. The highest BCUT2D eigenvalue weighted by atomic mass is 19.1. The van der Waals surface area contributed by atoms with Gasteiger partial charge in [0.2, 0.25) is 0 Å². The molecule has 40 heavy (non-hydrogen) atoms. The number of nitriles is 1. The number of carbonyl (C=O) groups is 1. The maximum atomic E-state index is 15.1. The highest BCUT2D eigenvalue weighted by molar-refractivity contribution is 5.71. The van der Waals surface area contributed by atoms with E-state index < -0.39 is 6.10 Å². The van der Waals surface area contributed by atoms with E-state index in [9.17, 15) is 10.1 Å². The molecule has 0 fully saturated rings.